The fraction of sp³-hybridized carbons (Fsp3) is 0.207. The van der Waals surface area contributed by atoms with Gasteiger partial charge in [-0.3, -0.25) is 4.79 Å². The fourth-order valence-electron chi connectivity index (χ4n) is 4.17. The number of hydrogen-bond donors (Lipinski definition) is 3. The zero-order chi connectivity index (χ0) is 28.7. The maximum atomic E-state index is 12.8. The van der Waals surface area contributed by atoms with Crippen LogP contribution in [0.25, 0.3) is 22.2 Å². The molecule has 2 aromatic carbocycles. The number of nitrogens with zero attached hydrogens (tertiary/aromatic N) is 2. The lowest BCUT2D eigenvalue weighted by Gasteiger charge is -2.15. The molecule has 0 atom stereocenters. The first-order valence-corrected chi connectivity index (χ1v) is 13.8. The van der Waals surface area contributed by atoms with Crippen LogP contribution in [0.2, 0.25) is 0 Å². The Balaban J connectivity index is 0.000000867. The van der Waals surface area contributed by atoms with E-state index in [9.17, 15) is 13.2 Å². The lowest BCUT2D eigenvalue weighted by molar-refractivity contribution is -0.134. The number of carboxylic acids is 2. The SMILES string of the molecule is CC(=O)O.O=C(O)c1ccc(OCC#Cc2cc3c(-c4ccc(S(=O)(=O)N5CCCC5)cc4)ccnc3[nH]2)cc1. The molecule has 3 N–H and O–H groups in total. The number of H-pyrrole nitrogens is 1. The highest BCUT2D eigenvalue weighted by molar-refractivity contribution is 7.89. The zero-order valence-corrected chi connectivity index (χ0v) is 22.4. The summed E-state index contributed by atoms with van der Waals surface area (Å²) in [6.07, 6.45) is 3.50. The number of rotatable bonds is 6. The van der Waals surface area contributed by atoms with Crippen molar-refractivity contribution in [2.75, 3.05) is 19.7 Å². The third-order valence-corrected chi connectivity index (χ3v) is 7.95. The van der Waals surface area contributed by atoms with Gasteiger partial charge < -0.3 is 19.9 Å². The number of aromatic carboxylic acids is 1. The van der Waals surface area contributed by atoms with Gasteiger partial charge in [0, 0.05) is 31.6 Å². The van der Waals surface area contributed by atoms with E-state index in [0.717, 1.165) is 36.3 Å². The van der Waals surface area contributed by atoms with Crippen molar-refractivity contribution in [2.24, 2.45) is 0 Å². The van der Waals surface area contributed by atoms with Gasteiger partial charge in [0.05, 0.1) is 16.2 Å². The van der Waals surface area contributed by atoms with Crippen LogP contribution in [-0.4, -0.2) is 64.5 Å². The van der Waals surface area contributed by atoms with Crippen molar-refractivity contribution in [1.29, 1.82) is 0 Å². The fourth-order valence-corrected chi connectivity index (χ4v) is 5.69. The van der Waals surface area contributed by atoms with Gasteiger partial charge in [-0.15, -0.1) is 0 Å². The average molecular weight is 562 g/mol. The van der Waals surface area contributed by atoms with Crippen molar-refractivity contribution in [3.05, 3.63) is 78.1 Å². The molecule has 0 bridgehead atoms. The third-order valence-electron chi connectivity index (χ3n) is 6.04. The number of sulfonamides is 1. The molecule has 40 heavy (non-hydrogen) atoms. The molecule has 1 saturated heterocycles. The van der Waals surface area contributed by atoms with Crippen molar-refractivity contribution in [2.45, 2.75) is 24.7 Å². The lowest BCUT2D eigenvalue weighted by atomic mass is 10.0. The molecule has 0 unspecified atom stereocenters. The molecule has 1 fully saturated rings. The van der Waals surface area contributed by atoms with Crippen molar-refractivity contribution < 1.29 is 33.0 Å². The van der Waals surface area contributed by atoms with E-state index in [0.29, 0.717) is 35.1 Å². The molecule has 0 amide bonds. The standard InChI is InChI=1S/C27H23N3O5S.C2H4O2/c31-27(32)20-5-9-22(10-6-20)35-17-3-4-21-18-25-24(13-14-28-26(25)29-21)19-7-11-23(12-8-19)36(33,34)30-15-1-2-16-30;1-2(3)4/h5-14,18H,1-2,15-17H2,(H,28,29)(H,31,32);1H3,(H,3,4). The van der Waals surface area contributed by atoms with E-state index < -0.39 is 22.0 Å². The summed E-state index contributed by atoms with van der Waals surface area (Å²) in [6, 6.07) is 16.9. The summed E-state index contributed by atoms with van der Waals surface area (Å²) in [7, 11) is -3.46. The first-order chi connectivity index (χ1) is 19.1. The number of fused-ring (bicyclic) bond motifs is 1. The second-order valence-electron chi connectivity index (χ2n) is 8.88. The number of carbonyl (C=O) groups is 2. The molecule has 1 aliphatic heterocycles. The normalized spacial score (nSPS) is 13.1. The number of benzene rings is 2. The lowest BCUT2D eigenvalue weighted by Crippen LogP contribution is -2.27. The van der Waals surface area contributed by atoms with Crippen LogP contribution in [0.15, 0.2) is 71.8 Å². The van der Waals surface area contributed by atoms with Crippen LogP contribution in [0.3, 0.4) is 0 Å². The van der Waals surface area contributed by atoms with Gasteiger partial charge in [-0.05, 0) is 78.4 Å². The van der Waals surface area contributed by atoms with Crippen molar-refractivity contribution in [3.8, 4) is 28.7 Å². The Morgan fingerprint density at radius 3 is 2.30 bits per heavy atom. The van der Waals surface area contributed by atoms with E-state index in [1.807, 2.05) is 24.3 Å². The molecule has 0 aliphatic carbocycles. The quantitative estimate of drug-likeness (QED) is 0.296. The van der Waals surface area contributed by atoms with E-state index in [1.165, 1.54) is 12.1 Å². The molecular weight excluding hydrogens is 534 g/mol. The van der Waals surface area contributed by atoms with Crippen LogP contribution in [0, 0.1) is 11.8 Å². The van der Waals surface area contributed by atoms with Gasteiger partial charge >= 0.3 is 5.97 Å². The first-order valence-electron chi connectivity index (χ1n) is 12.4. The summed E-state index contributed by atoms with van der Waals surface area (Å²) >= 11 is 0. The second kappa shape index (κ2) is 12.5. The van der Waals surface area contributed by atoms with Gasteiger partial charge in [-0.1, -0.05) is 18.1 Å². The molecule has 206 valence electrons. The molecule has 11 heteroatoms. The molecule has 4 aromatic rings. The monoisotopic (exact) mass is 561 g/mol. The number of ether oxygens (including phenoxy) is 1. The van der Waals surface area contributed by atoms with Crippen molar-refractivity contribution in [3.63, 3.8) is 0 Å². The third kappa shape index (κ3) is 6.85. The number of aliphatic carboxylic acids is 1. The molecule has 10 nitrogen and oxygen atoms in total. The highest BCUT2D eigenvalue weighted by Gasteiger charge is 2.27. The summed E-state index contributed by atoms with van der Waals surface area (Å²) in [5, 5.41) is 17.2. The van der Waals surface area contributed by atoms with Gasteiger partial charge in [0.25, 0.3) is 5.97 Å². The number of aromatic nitrogens is 2. The van der Waals surface area contributed by atoms with Crippen LogP contribution in [0.5, 0.6) is 5.75 Å². The van der Waals surface area contributed by atoms with Crippen molar-refractivity contribution >= 4 is 33.0 Å². The predicted molar refractivity (Wildman–Crippen MR) is 149 cm³/mol. The van der Waals surface area contributed by atoms with E-state index in [4.69, 9.17) is 19.7 Å². The molecule has 5 rings (SSSR count). The van der Waals surface area contributed by atoms with Gasteiger partial charge in [0.1, 0.15) is 18.0 Å². The molecule has 3 heterocycles. The molecule has 0 saturated carbocycles. The average Bonchev–Trinajstić information content (AvgIpc) is 3.62. The summed E-state index contributed by atoms with van der Waals surface area (Å²) in [5.74, 6) is 4.67. The smallest absolute Gasteiger partial charge is 0.335 e. The topological polar surface area (TPSA) is 150 Å². The minimum atomic E-state index is -3.46. The molecule has 0 spiro atoms. The van der Waals surface area contributed by atoms with Crippen LogP contribution in [-0.2, 0) is 14.8 Å². The number of hydrogen-bond acceptors (Lipinski definition) is 6. The Morgan fingerprint density at radius 1 is 1.02 bits per heavy atom. The van der Waals surface area contributed by atoms with E-state index in [1.54, 1.807) is 34.8 Å². The highest BCUT2D eigenvalue weighted by Crippen LogP contribution is 2.30. The maximum Gasteiger partial charge on any atom is 0.335 e. The molecular formula is C29H27N3O7S. The summed E-state index contributed by atoms with van der Waals surface area (Å²) in [5.41, 5.74) is 3.34. The largest absolute Gasteiger partial charge is 0.481 e. The minimum absolute atomic E-state index is 0.134. The summed E-state index contributed by atoms with van der Waals surface area (Å²) < 4.78 is 32.7. The summed E-state index contributed by atoms with van der Waals surface area (Å²) in [4.78, 5) is 27.8. The minimum Gasteiger partial charge on any atom is -0.481 e. The van der Waals surface area contributed by atoms with Gasteiger partial charge in [-0.25, -0.2) is 18.2 Å². The first kappa shape index (κ1) is 28.4. The summed E-state index contributed by atoms with van der Waals surface area (Å²) in [6.45, 7) is 2.36. The highest BCUT2D eigenvalue weighted by atomic mass is 32.2. The van der Waals surface area contributed by atoms with Crippen LogP contribution < -0.4 is 4.74 Å². The van der Waals surface area contributed by atoms with E-state index in [-0.39, 0.29) is 12.2 Å². The Bertz CT molecular complexity index is 1670. The number of carboxylic acid groups (broad SMARTS) is 2. The Kier molecular flexibility index (Phi) is 8.83. The number of aromatic amines is 1. The number of pyridine rings is 1. The predicted octanol–water partition coefficient (Wildman–Crippen LogP) is 4.23. The Labute approximate surface area is 231 Å². The molecule has 0 radical (unpaired) electrons. The van der Waals surface area contributed by atoms with Crippen molar-refractivity contribution in [1.82, 2.24) is 14.3 Å². The van der Waals surface area contributed by atoms with Gasteiger partial charge in [0.2, 0.25) is 10.0 Å². The second-order valence-corrected chi connectivity index (χ2v) is 10.8. The van der Waals surface area contributed by atoms with Gasteiger partial charge in [0.15, 0.2) is 0 Å². The van der Waals surface area contributed by atoms with Gasteiger partial charge in [-0.2, -0.15) is 4.31 Å². The van der Waals surface area contributed by atoms with Crippen LogP contribution >= 0.6 is 0 Å². The zero-order valence-electron chi connectivity index (χ0n) is 21.6. The Morgan fingerprint density at radius 2 is 1.68 bits per heavy atom. The maximum absolute atomic E-state index is 12.8. The number of nitrogens with one attached hydrogen (secondary N) is 1. The van der Waals surface area contributed by atoms with E-state index in [2.05, 4.69) is 21.8 Å². The Hall–Kier alpha value is -4.66. The van der Waals surface area contributed by atoms with Crippen LogP contribution in [0.4, 0.5) is 0 Å². The molecule has 2 aromatic heterocycles. The van der Waals surface area contributed by atoms with Crippen LogP contribution in [0.1, 0.15) is 35.8 Å². The molecule has 1 aliphatic rings. The van der Waals surface area contributed by atoms with E-state index >= 15 is 0 Å².